The fourth-order valence-corrected chi connectivity index (χ4v) is 3.88. The number of anilines is 2. The summed E-state index contributed by atoms with van der Waals surface area (Å²) in [6.07, 6.45) is 0. The summed E-state index contributed by atoms with van der Waals surface area (Å²) in [5, 5.41) is 16.4. The number of nitrogens with zero attached hydrogens (tertiary/aromatic N) is 2. The van der Waals surface area contributed by atoms with Crippen molar-refractivity contribution in [3.63, 3.8) is 0 Å². The van der Waals surface area contributed by atoms with Crippen LogP contribution in [-0.2, 0) is 16.1 Å². The highest BCUT2D eigenvalue weighted by Gasteiger charge is 2.16. The van der Waals surface area contributed by atoms with Crippen molar-refractivity contribution in [2.45, 2.75) is 6.61 Å². The summed E-state index contributed by atoms with van der Waals surface area (Å²) in [6, 6.07) is 17.1. The minimum Gasteiger partial charge on any atom is -0.496 e. The predicted molar refractivity (Wildman–Crippen MR) is 144 cm³/mol. The number of fused-ring (bicyclic) bond motifs is 1. The van der Waals surface area contributed by atoms with Gasteiger partial charge in [-0.1, -0.05) is 18.2 Å². The van der Waals surface area contributed by atoms with Gasteiger partial charge in [-0.25, -0.2) is 14.8 Å². The summed E-state index contributed by atoms with van der Waals surface area (Å²) >= 11 is 0. The molecule has 1 aromatic heterocycles. The molecule has 4 aromatic rings. The molecule has 0 spiro atoms. The Balaban J connectivity index is 1.64. The first-order chi connectivity index (χ1) is 18.5. The Morgan fingerprint density at radius 2 is 1.74 bits per heavy atom. The molecule has 1 amide bonds. The fraction of sp³-hybridized carbons (Fsp3) is 0.214. The van der Waals surface area contributed by atoms with E-state index in [1.54, 1.807) is 55.6 Å². The number of methoxy groups -OCH3 is 2. The molecule has 1 heterocycles. The highest BCUT2D eigenvalue weighted by atomic mass is 16.6. The van der Waals surface area contributed by atoms with Crippen molar-refractivity contribution < 1.29 is 28.9 Å². The molecule has 0 aliphatic rings. The summed E-state index contributed by atoms with van der Waals surface area (Å²) in [4.78, 5) is 34.4. The molecule has 3 N–H and O–H groups in total. The molecule has 38 heavy (non-hydrogen) atoms. The topological polar surface area (TPSA) is 132 Å². The van der Waals surface area contributed by atoms with E-state index >= 15 is 0 Å². The van der Waals surface area contributed by atoms with Gasteiger partial charge in [-0.2, -0.15) is 0 Å². The molecular formula is C28H28N4O6. The number of amides is 1. The molecule has 196 valence electrons. The number of benzene rings is 3. The first kappa shape index (κ1) is 26.5. The van der Waals surface area contributed by atoms with Gasteiger partial charge in [0.05, 0.1) is 37.1 Å². The molecule has 0 saturated carbocycles. The second-order valence-electron chi connectivity index (χ2n) is 8.23. The number of hydrogen-bond donors (Lipinski definition) is 3. The number of aliphatic hydroxyl groups excluding tert-OH is 1. The van der Waals surface area contributed by atoms with Crippen LogP contribution in [0, 0.1) is 0 Å². The quantitative estimate of drug-likeness (QED) is 0.212. The van der Waals surface area contributed by atoms with Crippen molar-refractivity contribution in [2.75, 3.05) is 45.1 Å². The zero-order valence-corrected chi connectivity index (χ0v) is 21.3. The van der Waals surface area contributed by atoms with Gasteiger partial charge in [0, 0.05) is 48.0 Å². The summed E-state index contributed by atoms with van der Waals surface area (Å²) in [7, 11) is 4.78. The number of aromatic nitrogens is 2. The normalized spacial score (nSPS) is 10.7. The molecule has 0 bridgehead atoms. The maximum Gasteiger partial charge on any atom is 0.338 e. The van der Waals surface area contributed by atoms with E-state index in [1.165, 1.54) is 20.3 Å². The molecule has 10 nitrogen and oxygen atoms in total. The summed E-state index contributed by atoms with van der Waals surface area (Å²) in [5.74, 6) is 0.0190. The average molecular weight is 517 g/mol. The van der Waals surface area contributed by atoms with Gasteiger partial charge >= 0.3 is 5.97 Å². The van der Waals surface area contributed by atoms with Gasteiger partial charge < -0.3 is 30.0 Å². The lowest BCUT2D eigenvalue weighted by molar-refractivity contribution is 0.0388. The lowest BCUT2D eigenvalue weighted by Crippen LogP contribution is -2.14. The third-order valence-corrected chi connectivity index (χ3v) is 5.77. The SMILES string of the molecule is CNc1nc(-c2cccc(NC(=O)c3cccc(C(=O)OCCOC)c3)c2)c2cc(CO)c(OC)cc2n1. The predicted octanol–water partition coefficient (Wildman–Crippen LogP) is 3.89. The Kier molecular flexibility index (Phi) is 8.47. The minimum atomic E-state index is -0.534. The molecule has 10 heteroatoms. The second-order valence-corrected chi connectivity index (χ2v) is 8.23. The first-order valence-corrected chi connectivity index (χ1v) is 11.8. The van der Waals surface area contributed by atoms with Gasteiger partial charge in [0.1, 0.15) is 12.4 Å². The molecule has 0 atom stereocenters. The van der Waals surface area contributed by atoms with E-state index in [2.05, 4.69) is 20.6 Å². The second kappa shape index (κ2) is 12.1. The van der Waals surface area contributed by atoms with Gasteiger partial charge in [-0.05, 0) is 36.4 Å². The smallest absolute Gasteiger partial charge is 0.338 e. The number of rotatable bonds is 10. The number of esters is 1. The summed E-state index contributed by atoms with van der Waals surface area (Å²) in [5.41, 5.74) is 3.70. The third-order valence-electron chi connectivity index (χ3n) is 5.77. The number of hydrogen-bond acceptors (Lipinski definition) is 9. The van der Waals surface area contributed by atoms with Crippen LogP contribution < -0.4 is 15.4 Å². The Morgan fingerprint density at radius 1 is 0.947 bits per heavy atom. The van der Waals surface area contributed by atoms with Crippen LogP contribution in [0.3, 0.4) is 0 Å². The molecule has 0 fully saturated rings. The minimum absolute atomic E-state index is 0.123. The van der Waals surface area contributed by atoms with E-state index in [1.807, 2.05) is 6.07 Å². The van der Waals surface area contributed by atoms with Crippen LogP contribution in [0.15, 0.2) is 60.7 Å². The van der Waals surface area contributed by atoms with Gasteiger partial charge in [0.25, 0.3) is 5.91 Å². The molecule has 0 saturated heterocycles. The van der Waals surface area contributed by atoms with Crippen LogP contribution in [0.25, 0.3) is 22.2 Å². The van der Waals surface area contributed by atoms with Gasteiger partial charge in [-0.3, -0.25) is 4.79 Å². The van der Waals surface area contributed by atoms with Gasteiger partial charge in [0.15, 0.2) is 0 Å². The van der Waals surface area contributed by atoms with Gasteiger partial charge in [0.2, 0.25) is 5.95 Å². The van der Waals surface area contributed by atoms with Crippen molar-refractivity contribution in [1.82, 2.24) is 9.97 Å². The van der Waals surface area contributed by atoms with E-state index < -0.39 is 5.97 Å². The maximum atomic E-state index is 13.0. The Bertz CT molecular complexity index is 1470. The number of nitrogens with one attached hydrogen (secondary N) is 2. The van der Waals surface area contributed by atoms with Crippen LogP contribution in [0.2, 0.25) is 0 Å². The van der Waals surface area contributed by atoms with Gasteiger partial charge in [-0.15, -0.1) is 0 Å². The van der Waals surface area contributed by atoms with E-state index in [9.17, 15) is 14.7 Å². The zero-order valence-electron chi connectivity index (χ0n) is 21.3. The Labute approximate surface area is 219 Å². The molecule has 0 unspecified atom stereocenters. The lowest BCUT2D eigenvalue weighted by Gasteiger charge is -2.13. The van der Waals surface area contributed by atoms with Crippen LogP contribution in [0.1, 0.15) is 26.3 Å². The summed E-state index contributed by atoms with van der Waals surface area (Å²) < 4.78 is 15.4. The molecule has 3 aromatic carbocycles. The van der Waals surface area contributed by atoms with Crippen LogP contribution in [0.5, 0.6) is 5.75 Å². The maximum absolute atomic E-state index is 13.0. The van der Waals surface area contributed by atoms with Crippen LogP contribution >= 0.6 is 0 Å². The van der Waals surface area contributed by atoms with E-state index in [0.717, 1.165) is 10.9 Å². The largest absolute Gasteiger partial charge is 0.496 e. The van der Waals surface area contributed by atoms with Crippen LogP contribution in [-0.4, -0.2) is 61.4 Å². The molecule has 0 aliphatic carbocycles. The number of ether oxygens (including phenoxy) is 3. The number of carbonyl (C=O) groups is 2. The van der Waals surface area contributed by atoms with Crippen LogP contribution in [0.4, 0.5) is 11.6 Å². The van der Waals surface area contributed by atoms with Crippen molar-refractivity contribution in [1.29, 1.82) is 0 Å². The first-order valence-electron chi connectivity index (χ1n) is 11.8. The molecular weight excluding hydrogens is 488 g/mol. The van der Waals surface area contributed by atoms with E-state index in [-0.39, 0.29) is 31.3 Å². The Morgan fingerprint density at radius 3 is 2.47 bits per heavy atom. The van der Waals surface area contributed by atoms with E-state index in [4.69, 9.17) is 14.2 Å². The third kappa shape index (κ3) is 5.88. The molecule has 0 radical (unpaired) electrons. The standard InChI is InChI=1S/C28H28N4O6/c1-29-28-31-23-15-24(37-3)20(16-33)14-22(23)25(32-28)17-6-5-9-21(13-17)30-26(34)18-7-4-8-19(12-18)27(35)38-11-10-36-2/h4-9,12-15,33H,10-11,16H2,1-3H3,(H,30,34)(H,29,31,32). The molecule has 0 aliphatic heterocycles. The highest BCUT2D eigenvalue weighted by molar-refractivity contribution is 6.06. The zero-order chi connectivity index (χ0) is 27.1. The number of aliphatic hydroxyl groups is 1. The fourth-order valence-electron chi connectivity index (χ4n) is 3.88. The lowest BCUT2D eigenvalue weighted by atomic mass is 10.0. The monoisotopic (exact) mass is 516 g/mol. The van der Waals surface area contributed by atoms with Crippen molar-refractivity contribution in [2.24, 2.45) is 0 Å². The van der Waals surface area contributed by atoms with Crippen molar-refractivity contribution in [3.8, 4) is 17.0 Å². The van der Waals surface area contributed by atoms with Crippen molar-refractivity contribution in [3.05, 3.63) is 77.4 Å². The number of carbonyl (C=O) groups excluding carboxylic acids is 2. The van der Waals surface area contributed by atoms with Crippen molar-refractivity contribution >= 4 is 34.4 Å². The average Bonchev–Trinajstić information content (AvgIpc) is 2.95. The van der Waals surface area contributed by atoms with E-state index in [0.29, 0.717) is 39.7 Å². The summed E-state index contributed by atoms with van der Waals surface area (Å²) in [6.45, 7) is 0.202. The highest BCUT2D eigenvalue weighted by Crippen LogP contribution is 2.33. The Hall–Kier alpha value is -4.54. The molecule has 4 rings (SSSR count).